The van der Waals surface area contributed by atoms with E-state index >= 15 is 0 Å². The highest BCUT2D eigenvalue weighted by atomic mass is 19.1. The Kier molecular flexibility index (Phi) is 5.17. The van der Waals surface area contributed by atoms with Gasteiger partial charge in [-0.25, -0.2) is 18.4 Å². The van der Waals surface area contributed by atoms with E-state index in [1.165, 1.54) is 14.1 Å². The zero-order valence-electron chi connectivity index (χ0n) is 11.2. The number of likely N-dealkylation sites (N-methyl/N-ethyl adjacent to an activating group) is 2. The summed E-state index contributed by atoms with van der Waals surface area (Å²) in [4.78, 5) is 34.5. The van der Waals surface area contributed by atoms with Crippen LogP contribution in [0.1, 0.15) is 10.4 Å². The number of carboxylic acids is 1. The number of amides is 3. The molecular weight excluding hydrogens is 288 g/mol. The second kappa shape index (κ2) is 6.64. The highest BCUT2D eigenvalue weighted by Crippen LogP contribution is 2.20. The van der Waals surface area contributed by atoms with Crippen LogP contribution in [0.4, 0.5) is 19.3 Å². The minimum atomic E-state index is -1.60. The van der Waals surface area contributed by atoms with Gasteiger partial charge in [0.05, 0.1) is 11.3 Å². The largest absolute Gasteiger partial charge is 0.478 e. The van der Waals surface area contributed by atoms with Gasteiger partial charge in [0, 0.05) is 20.2 Å². The van der Waals surface area contributed by atoms with Crippen LogP contribution in [-0.2, 0) is 4.79 Å². The summed E-state index contributed by atoms with van der Waals surface area (Å²) in [6, 6.07) is 0.177. The van der Waals surface area contributed by atoms with E-state index in [4.69, 9.17) is 5.11 Å². The van der Waals surface area contributed by atoms with Crippen LogP contribution in [-0.4, -0.2) is 48.6 Å². The topological polar surface area (TPSA) is 98.7 Å². The molecule has 0 unspecified atom stereocenters. The maximum atomic E-state index is 13.5. The van der Waals surface area contributed by atoms with Crippen LogP contribution in [0.3, 0.4) is 0 Å². The summed E-state index contributed by atoms with van der Waals surface area (Å²) in [5.41, 5.74) is -1.27. The predicted octanol–water partition coefficient (Wildman–Crippen LogP) is 0.873. The third-order valence-electron chi connectivity index (χ3n) is 2.54. The molecule has 114 valence electrons. The number of nitrogens with zero attached hydrogens (tertiary/aromatic N) is 1. The average molecular weight is 301 g/mol. The molecule has 0 saturated carbocycles. The molecule has 0 bridgehead atoms. The number of urea groups is 1. The van der Waals surface area contributed by atoms with E-state index in [9.17, 15) is 23.2 Å². The van der Waals surface area contributed by atoms with E-state index in [1.807, 2.05) is 0 Å². The van der Waals surface area contributed by atoms with E-state index in [1.54, 1.807) is 0 Å². The van der Waals surface area contributed by atoms with Gasteiger partial charge in [-0.15, -0.1) is 0 Å². The van der Waals surface area contributed by atoms with Crippen molar-refractivity contribution in [3.8, 4) is 0 Å². The lowest BCUT2D eigenvalue weighted by molar-refractivity contribution is -0.120. The summed E-state index contributed by atoms with van der Waals surface area (Å²) in [6.45, 7) is -0.281. The number of carbonyl (C=O) groups is 3. The minimum absolute atomic E-state index is 0.281. The lowest BCUT2D eigenvalue weighted by atomic mass is 10.2. The Hall–Kier alpha value is -2.71. The Morgan fingerprint density at radius 3 is 2.38 bits per heavy atom. The molecule has 1 aromatic carbocycles. The summed E-state index contributed by atoms with van der Waals surface area (Å²) in [5, 5.41) is 13.1. The van der Waals surface area contributed by atoms with Crippen molar-refractivity contribution in [1.82, 2.24) is 10.2 Å². The van der Waals surface area contributed by atoms with Gasteiger partial charge in [0.15, 0.2) is 0 Å². The monoisotopic (exact) mass is 301 g/mol. The number of anilines is 1. The van der Waals surface area contributed by atoms with E-state index < -0.39 is 40.8 Å². The van der Waals surface area contributed by atoms with Crippen LogP contribution in [0.25, 0.3) is 0 Å². The van der Waals surface area contributed by atoms with Gasteiger partial charge in [0.2, 0.25) is 5.91 Å². The number of nitrogens with one attached hydrogen (secondary N) is 2. The van der Waals surface area contributed by atoms with E-state index in [0.29, 0.717) is 12.1 Å². The summed E-state index contributed by atoms with van der Waals surface area (Å²) < 4.78 is 26.7. The molecule has 0 aliphatic rings. The molecule has 1 rings (SSSR count). The number of hydrogen-bond donors (Lipinski definition) is 3. The molecule has 3 N–H and O–H groups in total. The van der Waals surface area contributed by atoms with Gasteiger partial charge in [0.25, 0.3) is 0 Å². The van der Waals surface area contributed by atoms with Gasteiger partial charge in [0.1, 0.15) is 18.2 Å². The molecule has 7 nitrogen and oxygen atoms in total. The quantitative estimate of drug-likeness (QED) is 0.768. The Morgan fingerprint density at radius 2 is 1.86 bits per heavy atom. The van der Waals surface area contributed by atoms with Gasteiger partial charge >= 0.3 is 12.0 Å². The van der Waals surface area contributed by atoms with Crippen LogP contribution < -0.4 is 10.6 Å². The minimum Gasteiger partial charge on any atom is -0.478 e. The average Bonchev–Trinajstić information content (AvgIpc) is 2.40. The molecule has 0 aromatic heterocycles. The Balaban J connectivity index is 2.92. The molecule has 0 heterocycles. The molecule has 21 heavy (non-hydrogen) atoms. The Bertz CT molecular complexity index is 592. The molecule has 3 amide bonds. The van der Waals surface area contributed by atoms with Crippen molar-refractivity contribution in [3.63, 3.8) is 0 Å². The van der Waals surface area contributed by atoms with E-state index in [2.05, 4.69) is 10.6 Å². The van der Waals surface area contributed by atoms with Gasteiger partial charge in [-0.3, -0.25) is 4.79 Å². The lowest BCUT2D eigenvalue weighted by Gasteiger charge is -2.17. The third-order valence-corrected chi connectivity index (χ3v) is 2.54. The van der Waals surface area contributed by atoms with Crippen molar-refractivity contribution >= 4 is 23.6 Å². The first-order valence-corrected chi connectivity index (χ1v) is 5.71. The Morgan fingerprint density at radius 1 is 1.24 bits per heavy atom. The van der Waals surface area contributed by atoms with Crippen molar-refractivity contribution in [2.45, 2.75) is 0 Å². The van der Waals surface area contributed by atoms with E-state index in [-0.39, 0.29) is 6.54 Å². The van der Waals surface area contributed by atoms with Crippen molar-refractivity contribution in [1.29, 1.82) is 0 Å². The van der Waals surface area contributed by atoms with Crippen molar-refractivity contribution in [2.24, 2.45) is 0 Å². The molecule has 0 radical (unpaired) electrons. The maximum Gasteiger partial charge on any atom is 0.338 e. The number of benzene rings is 1. The van der Waals surface area contributed by atoms with Gasteiger partial charge in [-0.2, -0.15) is 0 Å². The lowest BCUT2D eigenvalue weighted by Crippen LogP contribution is -2.39. The zero-order chi connectivity index (χ0) is 16.2. The first kappa shape index (κ1) is 16.3. The molecule has 0 aliphatic heterocycles. The number of carbonyl (C=O) groups excluding carboxylic acids is 2. The van der Waals surface area contributed by atoms with Crippen LogP contribution in [0.15, 0.2) is 12.1 Å². The van der Waals surface area contributed by atoms with Crippen LogP contribution in [0.2, 0.25) is 0 Å². The van der Waals surface area contributed by atoms with Crippen molar-refractivity contribution in [2.75, 3.05) is 26.0 Å². The van der Waals surface area contributed by atoms with Crippen LogP contribution >= 0.6 is 0 Å². The van der Waals surface area contributed by atoms with Crippen molar-refractivity contribution in [3.05, 3.63) is 29.3 Å². The molecule has 0 fully saturated rings. The molecule has 9 heteroatoms. The smallest absolute Gasteiger partial charge is 0.338 e. The molecule has 0 spiro atoms. The van der Waals surface area contributed by atoms with Gasteiger partial charge in [-0.05, 0) is 6.07 Å². The van der Waals surface area contributed by atoms with Crippen LogP contribution in [0, 0.1) is 11.6 Å². The second-order valence-corrected chi connectivity index (χ2v) is 4.08. The summed E-state index contributed by atoms with van der Waals surface area (Å²) in [6.07, 6.45) is 0. The number of rotatable bonds is 4. The van der Waals surface area contributed by atoms with E-state index in [0.717, 1.165) is 4.90 Å². The number of halogens is 2. The van der Waals surface area contributed by atoms with Gasteiger partial charge < -0.3 is 20.6 Å². The fourth-order valence-electron chi connectivity index (χ4n) is 1.39. The third kappa shape index (κ3) is 4.13. The summed E-state index contributed by atoms with van der Waals surface area (Å²) in [5.74, 6) is -4.42. The summed E-state index contributed by atoms with van der Waals surface area (Å²) in [7, 11) is 2.66. The standard InChI is InChI=1S/C12H13F2N3O4/c1-15-10(18)5-17(2)12(21)16-9-3-6(11(19)20)7(13)4-8(9)14/h3-4H,5H2,1-2H3,(H,15,18)(H,16,21)(H,19,20). The predicted molar refractivity (Wildman–Crippen MR) is 69.0 cm³/mol. The number of hydrogen-bond acceptors (Lipinski definition) is 3. The highest BCUT2D eigenvalue weighted by Gasteiger charge is 2.18. The molecule has 0 saturated heterocycles. The highest BCUT2D eigenvalue weighted by molar-refractivity contribution is 5.94. The molecular formula is C12H13F2N3O4. The van der Waals surface area contributed by atoms with Crippen molar-refractivity contribution < 1.29 is 28.3 Å². The fourth-order valence-corrected chi connectivity index (χ4v) is 1.39. The number of aromatic carboxylic acids is 1. The van der Waals surface area contributed by atoms with Gasteiger partial charge in [-0.1, -0.05) is 0 Å². The van der Waals surface area contributed by atoms with Crippen LogP contribution in [0.5, 0.6) is 0 Å². The molecule has 0 atom stereocenters. The summed E-state index contributed by atoms with van der Waals surface area (Å²) >= 11 is 0. The first-order valence-electron chi connectivity index (χ1n) is 5.71. The maximum absolute atomic E-state index is 13.5. The number of carboxylic acid groups (broad SMARTS) is 1. The fraction of sp³-hybridized carbons (Fsp3) is 0.250. The molecule has 1 aromatic rings. The second-order valence-electron chi connectivity index (χ2n) is 4.08. The normalized spacial score (nSPS) is 9.90. The zero-order valence-corrected chi connectivity index (χ0v) is 11.2. The first-order chi connectivity index (χ1) is 9.76. The SMILES string of the molecule is CNC(=O)CN(C)C(=O)Nc1cc(C(=O)O)c(F)cc1F. The molecule has 0 aliphatic carbocycles. The Labute approximate surface area is 118 Å².